The molecule has 20 heavy (non-hydrogen) atoms. The Morgan fingerprint density at radius 1 is 1.45 bits per heavy atom. The van der Waals surface area contributed by atoms with Crippen LogP contribution in [0.15, 0.2) is 24.3 Å². The van der Waals surface area contributed by atoms with Gasteiger partial charge in [0.05, 0.1) is 7.11 Å². The van der Waals surface area contributed by atoms with E-state index in [0.29, 0.717) is 13.1 Å². The van der Waals surface area contributed by atoms with Crippen LogP contribution in [0.3, 0.4) is 0 Å². The average molecular weight is 280 g/mol. The van der Waals surface area contributed by atoms with Crippen LogP contribution in [0.25, 0.3) is 0 Å². The smallest absolute Gasteiger partial charge is 0.327 e. The Morgan fingerprint density at radius 3 is 2.50 bits per heavy atom. The highest BCUT2D eigenvalue weighted by molar-refractivity contribution is 5.82. The first-order valence-corrected chi connectivity index (χ1v) is 6.89. The van der Waals surface area contributed by atoms with E-state index in [1.807, 2.05) is 11.8 Å². The molecule has 0 spiro atoms. The van der Waals surface area contributed by atoms with Gasteiger partial charge in [0, 0.05) is 18.8 Å². The molecule has 2 N–H and O–H groups in total. The molecule has 1 atom stereocenters. The van der Waals surface area contributed by atoms with Gasteiger partial charge in [0.15, 0.2) is 0 Å². The van der Waals surface area contributed by atoms with E-state index in [4.69, 9.17) is 10.5 Å². The molecule has 0 bridgehead atoms. The number of anilines is 1. The Bertz CT molecular complexity index is 473. The second kappa shape index (κ2) is 5.79. The van der Waals surface area contributed by atoms with Gasteiger partial charge >= 0.3 is 5.97 Å². The first-order chi connectivity index (χ1) is 9.51. The highest BCUT2D eigenvalue weighted by atomic mass is 19.1. The van der Waals surface area contributed by atoms with E-state index >= 15 is 0 Å². The van der Waals surface area contributed by atoms with Crippen molar-refractivity contribution in [3.8, 4) is 0 Å². The molecular formula is C15H21FN2O2. The molecule has 1 unspecified atom stereocenters. The van der Waals surface area contributed by atoms with Crippen molar-refractivity contribution in [2.75, 3.05) is 25.1 Å². The number of esters is 1. The van der Waals surface area contributed by atoms with Crippen LogP contribution in [-0.4, -0.2) is 31.7 Å². The summed E-state index contributed by atoms with van der Waals surface area (Å²) in [6.45, 7) is 3.05. The molecule has 1 aromatic carbocycles. The fourth-order valence-electron chi connectivity index (χ4n) is 2.50. The number of nitrogens with two attached hydrogens (primary N) is 1. The summed E-state index contributed by atoms with van der Waals surface area (Å²) in [5, 5.41) is 0. The summed E-state index contributed by atoms with van der Waals surface area (Å²) in [6, 6.07) is 6.21. The number of methoxy groups -OCH3 is 1. The van der Waals surface area contributed by atoms with Crippen molar-refractivity contribution >= 4 is 11.7 Å². The summed E-state index contributed by atoms with van der Waals surface area (Å²) >= 11 is 0. The van der Waals surface area contributed by atoms with Gasteiger partial charge in [-0.3, -0.25) is 0 Å². The lowest BCUT2D eigenvalue weighted by atomic mass is 9.93. The van der Waals surface area contributed by atoms with Crippen molar-refractivity contribution in [2.45, 2.75) is 25.3 Å². The van der Waals surface area contributed by atoms with Gasteiger partial charge in [0.1, 0.15) is 11.4 Å². The molecule has 0 saturated heterocycles. The Morgan fingerprint density at radius 2 is 2.05 bits per heavy atom. The lowest BCUT2D eigenvalue weighted by Gasteiger charge is -2.34. The van der Waals surface area contributed by atoms with Gasteiger partial charge in [-0.25, -0.2) is 9.18 Å². The number of hydrogen-bond acceptors (Lipinski definition) is 4. The minimum Gasteiger partial charge on any atom is -0.468 e. The third-order valence-electron chi connectivity index (χ3n) is 3.90. The van der Waals surface area contributed by atoms with Crippen LogP contribution in [0.1, 0.15) is 19.8 Å². The maximum atomic E-state index is 13.0. The minimum atomic E-state index is -0.987. The SMILES string of the molecule is CCN(CC(N)(C(=O)OC)C1CC1)c1ccc(F)cc1. The van der Waals surface area contributed by atoms with Crippen molar-refractivity contribution < 1.29 is 13.9 Å². The molecule has 1 aromatic rings. The van der Waals surface area contributed by atoms with Crippen molar-refractivity contribution in [3.05, 3.63) is 30.1 Å². The van der Waals surface area contributed by atoms with Crippen molar-refractivity contribution in [2.24, 2.45) is 11.7 Å². The zero-order chi connectivity index (χ0) is 14.8. The lowest BCUT2D eigenvalue weighted by Crippen LogP contribution is -2.58. The number of benzene rings is 1. The van der Waals surface area contributed by atoms with Crippen LogP contribution in [-0.2, 0) is 9.53 Å². The first kappa shape index (κ1) is 14.8. The van der Waals surface area contributed by atoms with E-state index in [1.165, 1.54) is 19.2 Å². The van der Waals surface area contributed by atoms with E-state index in [9.17, 15) is 9.18 Å². The summed E-state index contributed by atoms with van der Waals surface area (Å²) in [5.41, 5.74) is 6.18. The molecule has 4 nitrogen and oxygen atoms in total. The number of likely N-dealkylation sites (N-methyl/N-ethyl adjacent to an activating group) is 1. The monoisotopic (exact) mass is 280 g/mol. The maximum Gasteiger partial charge on any atom is 0.327 e. The molecular weight excluding hydrogens is 259 g/mol. The van der Waals surface area contributed by atoms with Crippen molar-refractivity contribution in [1.82, 2.24) is 0 Å². The maximum absolute atomic E-state index is 13.0. The molecule has 5 heteroatoms. The molecule has 2 rings (SSSR count). The number of ether oxygens (including phenoxy) is 1. The normalized spacial score (nSPS) is 17.4. The Hall–Kier alpha value is -1.62. The predicted octanol–water partition coefficient (Wildman–Crippen LogP) is 1.93. The van der Waals surface area contributed by atoms with E-state index in [-0.39, 0.29) is 17.7 Å². The number of halogens is 1. The number of carbonyl (C=O) groups is 1. The van der Waals surface area contributed by atoms with Gasteiger partial charge in [0.25, 0.3) is 0 Å². The van der Waals surface area contributed by atoms with E-state index in [1.54, 1.807) is 12.1 Å². The zero-order valence-electron chi connectivity index (χ0n) is 11.9. The van der Waals surface area contributed by atoms with E-state index < -0.39 is 5.54 Å². The van der Waals surface area contributed by atoms with Gasteiger partial charge in [-0.05, 0) is 49.9 Å². The van der Waals surface area contributed by atoms with Crippen LogP contribution in [0.5, 0.6) is 0 Å². The highest BCUT2D eigenvalue weighted by Crippen LogP contribution is 2.40. The second-order valence-corrected chi connectivity index (χ2v) is 5.30. The molecule has 0 aliphatic heterocycles. The fraction of sp³-hybridized carbons (Fsp3) is 0.533. The van der Waals surface area contributed by atoms with Crippen LogP contribution < -0.4 is 10.6 Å². The number of nitrogens with zero attached hydrogens (tertiary/aromatic N) is 1. The highest BCUT2D eigenvalue weighted by Gasteiger charge is 2.49. The zero-order valence-corrected chi connectivity index (χ0v) is 11.9. The molecule has 0 heterocycles. The molecule has 110 valence electrons. The van der Waals surface area contributed by atoms with E-state index in [0.717, 1.165) is 18.5 Å². The predicted molar refractivity (Wildman–Crippen MR) is 75.9 cm³/mol. The number of carbonyl (C=O) groups excluding carboxylic acids is 1. The van der Waals surface area contributed by atoms with Gasteiger partial charge in [0.2, 0.25) is 0 Å². The summed E-state index contributed by atoms with van der Waals surface area (Å²) in [5.74, 6) is -0.482. The van der Waals surface area contributed by atoms with Crippen LogP contribution >= 0.6 is 0 Å². The largest absolute Gasteiger partial charge is 0.468 e. The quantitative estimate of drug-likeness (QED) is 0.809. The summed E-state index contributed by atoms with van der Waals surface area (Å²) in [6.07, 6.45) is 1.90. The topological polar surface area (TPSA) is 55.6 Å². The Balaban J connectivity index is 2.19. The summed E-state index contributed by atoms with van der Waals surface area (Å²) in [7, 11) is 1.36. The molecule has 1 saturated carbocycles. The standard InChI is InChI=1S/C15H21FN2O2/c1-3-18(13-8-6-12(16)7-9-13)10-15(17,11-4-5-11)14(19)20-2/h6-9,11H,3-5,10,17H2,1-2H3. The molecule has 1 aliphatic carbocycles. The molecule has 0 amide bonds. The van der Waals surface area contributed by atoms with Crippen molar-refractivity contribution in [3.63, 3.8) is 0 Å². The fourth-order valence-corrected chi connectivity index (χ4v) is 2.50. The summed E-state index contributed by atoms with van der Waals surface area (Å²) < 4.78 is 17.9. The number of hydrogen-bond donors (Lipinski definition) is 1. The lowest BCUT2D eigenvalue weighted by molar-refractivity contribution is -0.147. The Labute approximate surface area is 118 Å². The van der Waals surface area contributed by atoms with E-state index in [2.05, 4.69) is 0 Å². The third-order valence-corrected chi connectivity index (χ3v) is 3.90. The Kier molecular flexibility index (Phi) is 4.28. The van der Waals surface area contributed by atoms with Crippen LogP contribution in [0.2, 0.25) is 0 Å². The van der Waals surface area contributed by atoms with Gasteiger partial charge in [-0.15, -0.1) is 0 Å². The molecule has 1 aliphatic rings. The van der Waals surface area contributed by atoms with Crippen LogP contribution in [0, 0.1) is 11.7 Å². The summed E-state index contributed by atoms with van der Waals surface area (Å²) in [4.78, 5) is 14.0. The second-order valence-electron chi connectivity index (χ2n) is 5.30. The van der Waals surface area contributed by atoms with Gasteiger partial charge < -0.3 is 15.4 Å². The van der Waals surface area contributed by atoms with Gasteiger partial charge in [-0.2, -0.15) is 0 Å². The minimum absolute atomic E-state index is 0.171. The first-order valence-electron chi connectivity index (χ1n) is 6.89. The third kappa shape index (κ3) is 2.93. The average Bonchev–Trinajstić information content (AvgIpc) is 3.29. The van der Waals surface area contributed by atoms with Crippen molar-refractivity contribution in [1.29, 1.82) is 0 Å². The molecule has 1 fully saturated rings. The van der Waals surface area contributed by atoms with Crippen LogP contribution in [0.4, 0.5) is 10.1 Å². The number of rotatable bonds is 6. The molecule has 0 aromatic heterocycles. The molecule has 0 radical (unpaired) electrons. The van der Waals surface area contributed by atoms with Gasteiger partial charge in [-0.1, -0.05) is 0 Å².